The minimum Gasteiger partial charge on any atom is -0.462 e. The molecule has 0 saturated heterocycles. The zero-order chi connectivity index (χ0) is 48.8. The number of aliphatic hydroxyl groups is 2. The van der Waals surface area contributed by atoms with E-state index < -0.39 is 18.2 Å². The highest BCUT2D eigenvalue weighted by Gasteiger charge is 2.24. The molecule has 0 aliphatic rings. The Labute approximate surface area is 419 Å². The van der Waals surface area contributed by atoms with Crippen LogP contribution >= 0.6 is 0 Å². The van der Waals surface area contributed by atoms with E-state index in [9.17, 15) is 19.8 Å². The van der Waals surface area contributed by atoms with Crippen LogP contribution in [0.5, 0.6) is 0 Å². The first-order valence-corrected chi connectivity index (χ1v) is 30.4. The standard InChI is InChI=1S/C61H119NO5/c1-4-7-10-13-16-19-22-25-27-29-30-31-33-36-39-42-45-48-51-54-61(66)67-57(52-49-46-43-40-37-35-32-28-26-23-20-17-14-11-8-5-2)55-60(65)62-58(56-63)59(64)53-50-47-44-41-38-34-24-21-18-15-12-9-6-3/h35,37,57-59,63-64H,4-34,36,38-56H2,1-3H3,(H,62,65)/b37-35+. The van der Waals surface area contributed by atoms with Gasteiger partial charge in [-0.3, -0.25) is 9.59 Å². The van der Waals surface area contributed by atoms with Gasteiger partial charge < -0.3 is 20.3 Å². The van der Waals surface area contributed by atoms with E-state index in [0.717, 1.165) is 57.8 Å². The Balaban J connectivity index is 4.50. The van der Waals surface area contributed by atoms with E-state index in [0.29, 0.717) is 19.3 Å². The van der Waals surface area contributed by atoms with Crippen LogP contribution in [-0.4, -0.2) is 46.9 Å². The maximum absolute atomic E-state index is 13.3. The molecule has 0 saturated carbocycles. The van der Waals surface area contributed by atoms with Gasteiger partial charge in [-0.25, -0.2) is 0 Å². The van der Waals surface area contributed by atoms with Crippen LogP contribution in [0, 0.1) is 0 Å². The molecule has 67 heavy (non-hydrogen) atoms. The summed E-state index contributed by atoms with van der Waals surface area (Å²) in [6.45, 7) is 6.53. The number of carbonyl (C=O) groups is 2. The quantitative estimate of drug-likeness (QED) is 0.0321. The molecule has 0 aromatic carbocycles. The van der Waals surface area contributed by atoms with Gasteiger partial charge in [-0.2, -0.15) is 0 Å². The number of aliphatic hydroxyl groups excluding tert-OH is 2. The predicted octanol–water partition coefficient (Wildman–Crippen LogP) is 18.9. The van der Waals surface area contributed by atoms with Crippen molar-refractivity contribution in [3.05, 3.63) is 12.2 Å². The molecule has 398 valence electrons. The summed E-state index contributed by atoms with van der Waals surface area (Å²) in [5.74, 6) is -0.463. The van der Waals surface area contributed by atoms with E-state index in [2.05, 4.69) is 38.2 Å². The lowest BCUT2D eigenvalue weighted by atomic mass is 10.0. The first-order valence-electron chi connectivity index (χ1n) is 30.4. The number of amides is 1. The van der Waals surface area contributed by atoms with Gasteiger partial charge in [0.15, 0.2) is 0 Å². The van der Waals surface area contributed by atoms with Crippen molar-refractivity contribution in [2.45, 2.75) is 360 Å². The number of carbonyl (C=O) groups excluding carboxylic acids is 2. The zero-order valence-electron chi connectivity index (χ0n) is 45.6. The third-order valence-electron chi connectivity index (χ3n) is 14.3. The molecule has 3 unspecified atom stereocenters. The van der Waals surface area contributed by atoms with E-state index >= 15 is 0 Å². The largest absolute Gasteiger partial charge is 0.462 e. The number of nitrogens with one attached hydrogen (secondary N) is 1. The van der Waals surface area contributed by atoms with E-state index in [-0.39, 0.29) is 24.9 Å². The summed E-state index contributed by atoms with van der Waals surface area (Å²) in [6.07, 6.45) is 64.3. The van der Waals surface area contributed by atoms with Crippen molar-refractivity contribution in [2.75, 3.05) is 6.61 Å². The average molecular weight is 947 g/mol. The van der Waals surface area contributed by atoms with Crippen molar-refractivity contribution in [2.24, 2.45) is 0 Å². The molecule has 3 atom stereocenters. The highest BCUT2D eigenvalue weighted by atomic mass is 16.5. The van der Waals surface area contributed by atoms with Gasteiger partial charge in [0.25, 0.3) is 0 Å². The summed E-state index contributed by atoms with van der Waals surface area (Å²) in [7, 11) is 0. The van der Waals surface area contributed by atoms with Gasteiger partial charge in [-0.15, -0.1) is 0 Å². The molecule has 0 aromatic heterocycles. The first-order chi connectivity index (χ1) is 33.0. The van der Waals surface area contributed by atoms with Gasteiger partial charge in [-0.05, 0) is 51.4 Å². The molecule has 0 aromatic rings. The molecule has 0 radical (unpaired) electrons. The van der Waals surface area contributed by atoms with Crippen LogP contribution in [0.2, 0.25) is 0 Å². The van der Waals surface area contributed by atoms with Crippen LogP contribution in [0.3, 0.4) is 0 Å². The Kier molecular flexibility index (Phi) is 54.4. The monoisotopic (exact) mass is 946 g/mol. The Morgan fingerprint density at radius 3 is 1.07 bits per heavy atom. The number of rotatable bonds is 56. The Morgan fingerprint density at radius 1 is 0.418 bits per heavy atom. The fourth-order valence-corrected chi connectivity index (χ4v) is 9.72. The normalized spacial score (nSPS) is 13.1. The average Bonchev–Trinajstić information content (AvgIpc) is 3.32. The van der Waals surface area contributed by atoms with E-state index in [1.54, 1.807) is 0 Å². The summed E-state index contributed by atoms with van der Waals surface area (Å²) >= 11 is 0. The molecule has 1 amide bonds. The number of hydrogen-bond acceptors (Lipinski definition) is 5. The Hall–Kier alpha value is -1.40. The molecule has 0 heterocycles. The molecule has 0 fully saturated rings. The van der Waals surface area contributed by atoms with Crippen LogP contribution in [0.15, 0.2) is 12.2 Å². The number of hydrogen-bond donors (Lipinski definition) is 3. The predicted molar refractivity (Wildman–Crippen MR) is 292 cm³/mol. The van der Waals surface area contributed by atoms with Gasteiger partial charge in [0.05, 0.1) is 25.2 Å². The van der Waals surface area contributed by atoms with E-state index in [4.69, 9.17) is 4.74 Å². The van der Waals surface area contributed by atoms with Crippen molar-refractivity contribution in [3.8, 4) is 0 Å². The van der Waals surface area contributed by atoms with Crippen molar-refractivity contribution in [3.63, 3.8) is 0 Å². The molecule has 0 rings (SSSR count). The van der Waals surface area contributed by atoms with Gasteiger partial charge in [0.2, 0.25) is 5.91 Å². The minimum atomic E-state index is -0.787. The summed E-state index contributed by atoms with van der Waals surface area (Å²) < 4.78 is 5.97. The topological polar surface area (TPSA) is 95.9 Å². The van der Waals surface area contributed by atoms with Crippen LogP contribution in [-0.2, 0) is 14.3 Å². The number of unbranched alkanes of at least 4 members (excludes halogenated alkanes) is 42. The fraction of sp³-hybridized carbons (Fsp3) is 0.934. The van der Waals surface area contributed by atoms with Crippen LogP contribution in [0.25, 0.3) is 0 Å². The van der Waals surface area contributed by atoms with Gasteiger partial charge >= 0.3 is 5.97 Å². The molecule has 0 bridgehead atoms. The summed E-state index contributed by atoms with van der Waals surface area (Å²) in [4.78, 5) is 26.3. The Morgan fingerprint density at radius 2 is 0.716 bits per heavy atom. The number of allylic oxidation sites excluding steroid dienone is 2. The second-order valence-corrected chi connectivity index (χ2v) is 21.1. The molecule has 6 heteroatoms. The lowest BCUT2D eigenvalue weighted by Gasteiger charge is -2.24. The maximum atomic E-state index is 13.3. The molecule has 0 aliphatic carbocycles. The van der Waals surface area contributed by atoms with Crippen LogP contribution < -0.4 is 5.32 Å². The molecular formula is C61H119NO5. The summed E-state index contributed by atoms with van der Waals surface area (Å²) in [5.41, 5.74) is 0. The lowest BCUT2D eigenvalue weighted by molar-refractivity contribution is -0.151. The second-order valence-electron chi connectivity index (χ2n) is 21.1. The molecule has 0 aliphatic heterocycles. The van der Waals surface area contributed by atoms with Gasteiger partial charge in [0.1, 0.15) is 6.10 Å². The SMILES string of the molecule is CCCCCCCCCCC/C=C/CCCCCC(CC(=O)NC(CO)C(O)CCCCCCCCCCCCCCC)OC(=O)CCCCCCCCCCCCCCCCCCCCC. The fourth-order valence-electron chi connectivity index (χ4n) is 9.72. The van der Waals surface area contributed by atoms with Crippen LogP contribution in [0.1, 0.15) is 342 Å². The highest BCUT2D eigenvalue weighted by Crippen LogP contribution is 2.19. The number of ether oxygens (including phenoxy) is 1. The van der Waals surface area contributed by atoms with Crippen molar-refractivity contribution in [1.82, 2.24) is 5.32 Å². The molecule has 0 spiro atoms. The van der Waals surface area contributed by atoms with Crippen molar-refractivity contribution in [1.29, 1.82) is 0 Å². The van der Waals surface area contributed by atoms with Crippen molar-refractivity contribution < 1.29 is 24.5 Å². The van der Waals surface area contributed by atoms with E-state index in [1.165, 1.54) is 238 Å². The highest BCUT2D eigenvalue weighted by molar-refractivity contribution is 5.77. The molecular weight excluding hydrogens is 827 g/mol. The van der Waals surface area contributed by atoms with E-state index in [1.807, 2.05) is 0 Å². The molecule has 6 nitrogen and oxygen atoms in total. The summed E-state index contributed by atoms with van der Waals surface area (Å²) in [6, 6.07) is -0.701. The Bertz CT molecular complexity index is 1020. The smallest absolute Gasteiger partial charge is 0.306 e. The van der Waals surface area contributed by atoms with Gasteiger partial charge in [0, 0.05) is 6.42 Å². The zero-order valence-corrected chi connectivity index (χ0v) is 45.6. The second kappa shape index (κ2) is 55.5. The minimum absolute atomic E-state index is 0.0749. The lowest BCUT2D eigenvalue weighted by Crippen LogP contribution is -2.46. The third-order valence-corrected chi connectivity index (χ3v) is 14.3. The third kappa shape index (κ3) is 50.8. The maximum Gasteiger partial charge on any atom is 0.306 e. The number of esters is 1. The molecule has 3 N–H and O–H groups in total. The van der Waals surface area contributed by atoms with Gasteiger partial charge in [-0.1, -0.05) is 290 Å². The first kappa shape index (κ1) is 65.6. The van der Waals surface area contributed by atoms with Crippen LogP contribution in [0.4, 0.5) is 0 Å². The van der Waals surface area contributed by atoms with Crippen molar-refractivity contribution >= 4 is 11.9 Å². The summed E-state index contributed by atoms with van der Waals surface area (Å²) in [5, 5.41) is 23.9.